The Morgan fingerprint density at radius 1 is 1.30 bits per heavy atom. The second kappa shape index (κ2) is 7.02. The van der Waals surface area contributed by atoms with Crippen molar-refractivity contribution in [1.82, 2.24) is 9.97 Å². The molecular formula is C17H17N5S. The molecule has 116 valence electrons. The van der Waals surface area contributed by atoms with Crippen molar-refractivity contribution in [3.63, 3.8) is 0 Å². The van der Waals surface area contributed by atoms with E-state index in [0.29, 0.717) is 12.2 Å². The summed E-state index contributed by atoms with van der Waals surface area (Å²) in [6, 6.07) is 8.03. The highest BCUT2D eigenvalue weighted by Crippen LogP contribution is 2.33. The molecule has 5 nitrogen and oxygen atoms in total. The summed E-state index contributed by atoms with van der Waals surface area (Å²) in [4.78, 5) is 12.7. The predicted molar refractivity (Wildman–Crippen MR) is 98.0 cm³/mol. The predicted octanol–water partition coefficient (Wildman–Crippen LogP) is 3.31. The zero-order valence-corrected chi connectivity index (χ0v) is 13.5. The van der Waals surface area contributed by atoms with E-state index in [0.717, 1.165) is 27.2 Å². The first-order chi connectivity index (χ1) is 11.3. The number of rotatable bonds is 5. The summed E-state index contributed by atoms with van der Waals surface area (Å²) in [6.07, 6.45) is 7.04. The van der Waals surface area contributed by atoms with Crippen LogP contribution < -0.4 is 11.1 Å². The number of nitrogens with two attached hydrogens (primary N) is 1. The first kappa shape index (κ1) is 15.2. The molecule has 0 bridgehead atoms. The summed E-state index contributed by atoms with van der Waals surface area (Å²) in [5.74, 6) is 0.802. The van der Waals surface area contributed by atoms with Gasteiger partial charge in [0.15, 0.2) is 0 Å². The Kier molecular flexibility index (Phi) is 4.63. The van der Waals surface area contributed by atoms with Crippen LogP contribution in [0.25, 0.3) is 21.3 Å². The molecule has 3 aromatic rings. The van der Waals surface area contributed by atoms with Crippen LogP contribution in [0.3, 0.4) is 0 Å². The Bertz CT molecular complexity index is 852. The van der Waals surface area contributed by atoms with Gasteiger partial charge < -0.3 is 11.1 Å². The first-order valence-corrected chi connectivity index (χ1v) is 8.05. The van der Waals surface area contributed by atoms with Crippen LogP contribution in [-0.2, 0) is 0 Å². The summed E-state index contributed by atoms with van der Waals surface area (Å²) in [5, 5.41) is 5.37. The van der Waals surface area contributed by atoms with Gasteiger partial charge in [-0.15, -0.1) is 11.3 Å². The lowest BCUT2D eigenvalue weighted by Gasteiger charge is -2.06. The van der Waals surface area contributed by atoms with Crippen molar-refractivity contribution >= 4 is 33.6 Å². The van der Waals surface area contributed by atoms with Gasteiger partial charge in [0.05, 0.1) is 16.8 Å². The topological polar surface area (TPSA) is 76.2 Å². The largest absolute Gasteiger partial charge is 0.401 e. The number of anilines is 1. The Hall–Kier alpha value is -2.73. The SMILES string of the molecule is CN=C/C=C(\N)CNc1ccc2scc(-c3ccncc3)c2n1. The highest BCUT2D eigenvalue weighted by Gasteiger charge is 2.08. The molecule has 0 saturated heterocycles. The van der Waals surface area contributed by atoms with Gasteiger partial charge in [-0.05, 0) is 35.9 Å². The van der Waals surface area contributed by atoms with Gasteiger partial charge >= 0.3 is 0 Å². The molecule has 6 heteroatoms. The summed E-state index contributed by atoms with van der Waals surface area (Å²) in [7, 11) is 1.71. The van der Waals surface area contributed by atoms with E-state index < -0.39 is 0 Å². The number of thiophene rings is 1. The molecule has 0 aliphatic heterocycles. The molecule has 0 aliphatic rings. The third-order valence-electron chi connectivity index (χ3n) is 3.32. The smallest absolute Gasteiger partial charge is 0.127 e. The lowest BCUT2D eigenvalue weighted by atomic mass is 10.1. The molecule has 0 spiro atoms. The maximum absolute atomic E-state index is 5.90. The number of nitrogens with zero attached hydrogens (tertiary/aromatic N) is 3. The van der Waals surface area contributed by atoms with Crippen LogP contribution in [0.4, 0.5) is 5.82 Å². The van der Waals surface area contributed by atoms with Crippen LogP contribution in [-0.4, -0.2) is 29.8 Å². The average molecular weight is 323 g/mol. The fraction of sp³-hybridized carbons (Fsp3) is 0.118. The van der Waals surface area contributed by atoms with Gasteiger partial charge in [0.25, 0.3) is 0 Å². The van der Waals surface area contributed by atoms with Crippen LogP contribution >= 0.6 is 11.3 Å². The quantitative estimate of drug-likeness (QED) is 0.706. The second-order valence-electron chi connectivity index (χ2n) is 4.93. The van der Waals surface area contributed by atoms with Gasteiger partial charge in [0.1, 0.15) is 5.82 Å². The number of hydrogen-bond donors (Lipinski definition) is 2. The average Bonchev–Trinajstić information content (AvgIpc) is 3.02. The van der Waals surface area contributed by atoms with Crippen molar-refractivity contribution in [2.24, 2.45) is 10.7 Å². The zero-order valence-electron chi connectivity index (χ0n) is 12.7. The molecule has 23 heavy (non-hydrogen) atoms. The van der Waals surface area contributed by atoms with Crippen molar-refractivity contribution in [3.8, 4) is 11.1 Å². The van der Waals surface area contributed by atoms with Crippen molar-refractivity contribution in [2.75, 3.05) is 18.9 Å². The Morgan fingerprint density at radius 3 is 2.91 bits per heavy atom. The summed E-state index contributed by atoms with van der Waals surface area (Å²) in [6.45, 7) is 0.527. The van der Waals surface area contributed by atoms with E-state index in [1.54, 1.807) is 43.1 Å². The standard InChI is InChI=1S/C17H17N5S/c1-19-7-6-13(18)10-21-16-3-2-15-17(22-16)14(11-23-15)12-4-8-20-9-5-12/h2-9,11H,10,18H2,1H3,(H,21,22)/b13-6-,19-7?. The lowest BCUT2D eigenvalue weighted by molar-refractivity contribution is 1.15. The Labute approximate surface area is 138 Å². The highest BCUT2D eigenvalue weighted by molar-refractivity contribution is 7.17. The molecule has 0 aliphatic carbocycles. The molecule has 0 atom stereocenters. The monoisotopic (exact) mass is 323 g/mol. The number of fused-ring (bicyclic) bond motifs is 1. The van der Waals surface area contributed by atoms with Crippen LogP contribution in [0.5, 0.6) is 0 Å². The zero-order chi connectivity index (χ0) is 16.1. The fourth-order valence-electron chi connectivity index (χ4n) is 2.17. The normalized spacial score (nSPS) is 12.1. The highest BCUT2D eigenvalue weighted by atomic mass is 32.1. The van der Waals surface area contributed by atoms with Crippen LogP contribution in [0, 0.1) is 0 Å². The van der Waals surface area contributed by atoms with Crippen molar-refractivity contribution in [3.05, 3.63) is 53.8 Å². The molecule has 3 rings (SSSR count). The summed E-state index contributed by atoms with van der Waals surface area (Å²) in [5.41, 5.74) is 9.83. The third kappa shape index (κ3) is 3.54. The van der Waals surface area contributed by atoms with E-state index >= 15 is 0 Å². The number of allylic oxidation sites excluding steroid dienone is 1. The van der Waals surface area contributed by atoms with E-state index in [-0.39, 0.29) is 0 Å². The van der Waals surface area contributed by atoms with Crippen LogP contribution in [0.2, 0.25) is 0 Å². The molecule has 0 aromatic carbocycles. The van der Waals surface area contributed by atoms with Crippen molar-refractivity contribution in [1.29, 1.82) is 0 Å². The molecular weight excluding hydrogens is 306 g/mol. The van der Waals surface area contributed by atoms with E-state index in [9.17, 15) is 0 Å². The molecule has 0 radical (unpaired) electrons. The van der Waals surface area contributed by atoms with E-state index in [1.165, 1.54) is 0 Å². The summed E-state index contributed by atoms with van der Waals surface area (Å²) < 4.78 is 1.16. The molecule has 3 N–H and O–H groups in total. The molecule has 0 amide bonds. The number of aliphatic imine (C=N–C) groups is 1. The van der Waals surface area contributed by atoms with Gasteiger partial charge in [0, 0.05) is 42.3 Å². The molecule has 3 aromatic heterocycles. The lowest BCUT2D eigenvalue weighted by Crippen LogP contribution is -2.12. The van der Waals surface area contributed by atoms with E-state index in [4.69, 9.17) is 10.7 Å². The minimum atomic E-state index is 0.527. The number of aromatic nitrogens is 2. The van der Waals surface area contributed by atoms with E-state index in [2.05, 4.69) is 26.7 Å². The summed E-state index contributed by atoms with van der Waals surface area (Å²) >= 11 is 1.69. The van der Waals surface area contributed by atoms with Gasteiger partial charge in [-0.3, -0.25) is 9.98 Å². The molecule has 0 saturated carbocycles. The fourth-order valence-corrected chi connectivity index (χ4v) is 3.08. The van der Waals surface area contributed by atoms with Gasteiger partial charge in [-0.25, -0.2) is 4.98 Å². The maximum atomic E-state index is 5.90. The second-order valence-corrected chi connectivity index (χ2v) is 5.84. The van der Waals surface area contributed by atoms with E-state index in [1.807, 2.05) is 18.2 Å². The Balaban J connectivity index is 1.86. The van der Waals surface area contributed by atoms with Crippen LogP contribution in [0.15, 0.2) is 58.8 Å². The molecule has 0 fully saturated rings. The first-order valence-electron chi connectivity index (χ1n) is 7.17. The van der Waals surface area contributed by atoms with Crippen LogP contribution in [0.1, 0.15) is 0 Å². The maximum Gasteiger partial charge on any atom is 0.127 e. The minimum Gasteiger partial charge on any atom is -0.401 e. The number of pyridine rings is 2. The molecule has 3 heterocycles. The van der Waals surface area contributed by atoms with Gasteiger partial charge in [-0.1, -0.05) is 0 Å². The third-order valence-corrected chi connectivity index (χ3v) is 4.26. The molecule has 0 unspecified atom stereocenters. The van der Waals surface area contributed by atoms with Gasteiger partial charge in [0.2, 0.25) is 0 Å². The Morgan fingerprint density at radius 2 is 2.13 bits per heavy atom. The van der Waals surface area contributed by atoms with Crippen molar-refractivity contribution < 1.29 is 0 Å². The number of hydrogen-bond acceptors (Lipinski definition) is 6. The van der Waals surface area contributed by atoms with Crippen molar-refractivity contribution in [2.45, 2.75) is 0 Å². The number of nitrogens with one attached hydrogen (secondary N) is 1. The van der Waals surface area contributed by atoms with Gasteiger partial charge in [-0.2, -0.15) is 0 Å². The minimum absolute atomic E-state index is 0.527.